The van der Waals surface area contributed by atoms with E-state index < -0.39 is 27.7 Å². The van der Waals surface area contributed by atoms with Crippen LogP contribution >= 0.6 is 0 Å². The van der Waals surface area contributed by atoms with Gasteiger partial charge in [-0.15, -0.1) is 0 Å². The predicted octanol–water partition coefficient (Wildman–Crippen LogP) is 2.70. The van der Waals surface area contributed by atoms with Gasteiger partial charge in [0.05, 0.1) is 12.2 Å². The third-order valence-electron chi connectivity index (χ3n) is 4.36. The molecule has 1 aliphatic heterocycles. The van der Waals surface area contributed by atoms with E-state index in [9.17, 15) is 22.4 Å². The van der Waals surface area contributed by atoms with E-state index in [1.807, 2.05) is 0 Å². The van der Waals surface area contributed by atoms with E-state index in [2.05, 4.69) is 15.0 Å². The molecule has 0 atom stereocenters. The van der Waals surface area contributed by atoms with Crippen LogP contribution in [0.4, 0.5) is 10.1 Å². The van der Waals surface area contributed by atoms with Crippen LogP contribution in [0.2, 0.25) is 0 Å². The number of carbonyl (C=O) groups is 2. The topological polar surface area (TPSA) is 114 Å². The number of nitrogens with one attached hydrogen (secondary N) is 2. The molecule has 2 aromatic carbocycles. The highest BCUT2D eigenvalue weighted by Gasteiger charge is 2.32. The Labute approximate surface area is 178 Å². The molecule has 0 saturated heterocycles. The maximum absolute atomic E-state index is 13.2. The van der Waals surface area contributed by atoms with Crippen molar-refractivity contribution in [3.63, 3.8) is 0 Å². The lowest BCUT2D eigenvalue weighted by Gasteiger charge is -2.06. The second-order valence-electron chi connectivity index (χ2n) is 6.58. The molecule has 3 rings (SSSR count). The summed E-state index contributed by atoms with van der Waals surface area (Å²) in [4.78, 5) is 27.9. The van der Waals surface area contributed by atoms with E-state index in [4.69, 9.17) is 4.74 Å². The monoisotopic (exact) mass is 445 g/mol. The maximum Gasteiger partial charge on any atom is 0.338 e. The number of rotatable bonds is 6. The molecule has 0 bridgehead atoms. The lowest BCUT2D eigenvalue weighted by Crippen LogP contribution is -2.25. The molecular weight excluding hydrogens is 425 g/mol. The highest BCUT2D eigenvalue weighted by Crippen LogP contribution is 2.29. The summed E-state index contributed by atoms with van der Waals surface area (Å²) in [7, 11) is -3.87. The van der Waals surface area contributed by atoms with Crippen molar-refractivity contribution in [3.05, 3.63) is 71.0 Å². The fourth-order valence-corrected chi connectivity index (χ4v) is 4.46. The highest BCUT2D eigenvalue weighted by molar-refractivity contribution is 8.00. The summed E-state index contributed by atoms with van der Waals surface area (Å²) in [5, 5.41) is 2.62. The Hall–Kier alpha value is -3.53. The van der Waals surface area contributed by atoms with Gasteiger partial charge in [-0.1, -0.05) is 12.1 Å². The molecule has 0 unspecified atom stereocenters. The number of hydrogen-bond donors (Lipinski definition) is 2. The number of ether oxygens (including phenoxy) is 1. The van der Waals surface area contributed by atoms with E-state index in [-0.39, 0.29) is 23.9 Å². The number of amides is 1. The van der Waals surface area contributed by atoms with Gasteiger partial charge < -0.3 is 10.1 Å². The minimum Gasteiger partial charge on any atom is -0.462 e. The summed E-state index contributed by atoms with van der Waals surface area (Å²) < 4.78 is 45.3. The number of halogens is 1. The zero-order chi connectivity index (χ0) is 22.6. The highest BCUT2D eigenvalue weighted by atomic mass is 32.2. The number of benzene rings is 2. The maximum atomic E-state index is 13.2. The summed E-state index contributed by atoms with van der Waals surface area (Å²) in [6, 6.07) is 11.2. The van der Waals surface area contributed by atoms with Crippen LogP contribution in [0.3, 0.4) is 0 Å². The molecule has 0 aliphatic carbocycles. The van der Waals surface area contributed by atoms with Crippen molar-refractivity contribution >= 4 is 38.3 Å². The van der Waals surface area contributed by atoms with Crippen molar-refractivity contribution in [1.29, 1.82) is 0 Å². The van der Waals surface area contributed by atoms with Gasteiger partial charge in [-0.05, 0) is 55.8 Å². The van der Waals surface area contributed by atoms with E-state index in [0.29, 0.717) is 22.4 Å². The molecule has 31 heavy (non-hydrogen) atoms. The summed E-state index contributed by atoms with van der Waals surface area (Å²) in [5.74, 6) is -1.36. The fraction of sp³-hybridized carbons (Fsp3) is 0.190. The number of amidine groups is 1. The van der Waals surface area contributed by atoms with E-state index >= 15 is 0 Å². The zero-order valence-corrected chi connectivity index (χ0v) is 17.6. The van der Waals surface area contributed by atoms with Gasteiger partial charge in [-0.2, -0.15) is 0 Å². The van der Waals surface area contributed by atoms with E-state index in [1.54, 1.807) is 26.0 Å². The molecule has 10 heteroatoms. The summed E-state index contributed by atoms with van der Waals surface area (Å²) in [6.07, 6.45) is 0. The van der Waals surface area contributed by atoms with Crippen LogP contribution in [0.5, 0.6) is 0 Å². The van der Waals surface area contributed by atoms with Crippen molar-refractivity contribution in [2.24, 2.45) is 4.99 Å². The number of hydrogen-bond acceptors (Lipinski definition) is 6. The van der Waals surface area contributed by atoms with E-state index in [1.165, 1.54) is 36.4 Å². The first-order valence-electron chi connectivity index (χ1n) is 9.32. The first-order chi connectivity index (χ1) is 14.7. The number of nitrogens with zero attached hydrogens (tertiary/aromatic N) is 1. The average molecular weight is 445 g/mol. The molecule has 162 valence electrons. The molecule has 0 spiro atoms. The molecule has 0 radical (unpaired) electrons. The number of carbonyl (C=O) groups excluding carboxylic acids is 2. The van der Waals surface area contributed by atoms with Crippen molar-refractivity contribution in [2.75, 3.05) is 18.5 Å². The van der Waals surface area contributed by atoms with Gasteiger partial charge in [0.25, 0.3) is 10.0 Å². The molecule has 0 saturated carbocycles. The summed E-state index contributed by atoms with van der Waals surface area (Å²) in [6.45, 7) is 3.20. The Bertz CT molecular complexity index is 1170. The number of sulfonamides is 1. The lowest BCUT2D eigenvalue weighted by atomic mass is 10.1. The Kier molecular flexibility index (Phi) is 6.50. The van der Waals surface area contributed by atoms with Crippen molar-refractivity contribution in [1.82, 2.24) is 4.72 Å². The average Bonchev–Trinajstić information content (AvgIpc) is 2.96. The smallest absolute Gasteiger partial charge is 0.338 e. The Balaban J connectivity index is 1.70. The van der Waals surface area contributed by atoms with Gasteiger partial charge in [0.15, 0.2) is 0 Å². The number of esters is 1. The second-order valence-corrected chi connectivity index (χ2v) is 8.20. The minimum absolute atomic E-state index is 0.0128. The van der Waals surface area contributed by atoms with Crippen LogP contribution in [-0.4, -0.2) is 39.3 Å². The van der Waals surface area contributed by atoms with Gasteiger partial charge in [-0.3, -0.25) is 14.5 Å². The quantitative estimate of drug-likeness (QED) is 0.664. The minimum atomic E-state index is -3.87. The number of anilines is 1. The fourth-order valence-electron chi connectivity index (χ4n) is 2.94. The molecule has 1 heterocycles. The molecule has 0 aromatic heterocycles. The van der Waals surface area contributed by atoms with Gasteiger partial charge in [-0.25, -0.2) is 17.6 Å². The van der Waals surface area contributed by atoms with Crippen LogP contribution in [0.15, 0.2) is 59.1 Å². The predicted molar refractivity (Wildman–Crippen MR) is 114 cm³/mol. The van der Waals surface area contributed by atoms with Crippen LogP contribution in [-0.2, 0) is 19.6 Å². The van der Waals surface area contributed by atoms with Gasteiger partial charge in [0, 0.05) is 11.3 Å². The van der Waals surface area contributed by atoms with Crippen LogP contribution in [0, 0.1) is 5.82 Å². The Morgan fingerprint density at radius 1 is 1.10 bits per heavy atom. The standard InChI is InChI=1S/C21H20FN3O5S/c1-3-30-21(27)15-6-10-17(11-7-15)24-18(26)12-23-20-13(2)19(31(28,29)25-20)14-4-8-16(22)9-5-14/h4-11H,3,12H2,1-2H3,(H,23,25)(H,24,26). The SMILES string of the molecule is CCOC(=O)c1ccc(NC(=O)CN=C2NS(=O)(=O)C(c3ccc(F)cc3)=C2C)cc1. The molecule has 8 nitrogen and oxygen atoms in total. The summed E-state index contributed by atoms with van der Waals surface area (Å²) >= 11 is 0. The zero-order valence-electron chi connectivity index (χ0n) is 16.8. The van der Waals surface area contributed by atoms with Crippen molar-refractivity contribution < 1.29 is 27.1 Å². The molecular formula is C21H20FN3O5S. The molecule has 1 amide bonds. The molecule has 0 fully saturated rings. The van der Waals surface area contributed by atoms with Crippen LogP contribution < -0.4 is 10.0 Å². The first-order valence-corrected chi connectivity index (χ1v) is 10.8. The van der Waals surface area contributed by atoms with Gasteiger partial charge in [0.1, 0.15) is 23.1 Å². The van der Waals surface area contributed by atoms with Crippen LogP contribution in [0.1, 0.15) is 29.8 Å². The van der Waals surface area contributed by atoms with Gasteiger partial charge >= 0.3 is 5.97 Å². The van der Waals surface area contributed by atoms with E-state index in [0.717, 1.165) is 0 Å². The van der Waals surface area contributed by atoms with Crippen molar-refractivity contribution in [2.45, 2.75) is 13.8 Å². The largest absolute Gasteiger partial charge is 0.462 e. The van der Waals surface area contributed by atoms with Crippen LogP contribution in [0.25, 0.3) is 4.91 Å². The Morgan fingerprint density at radius 2 is 1.74 bits per heavy atom. The normalized spacial score (nSPS) is 16.2. The third-order valence-corrected chi connectivity index (χ3v) is 5.90. The lowest BCUT2D eigenvalue weighted by molar-refractivity contribution is -0.114. The molecule has 1 aliphatic rings. The van der Waals surface area contributed by atoms with Crippen molar-refractivity contribution in [3.8, 4) is 0 Å². The molecule has 2 aromatic rings. The number of aliphatic imine (C=N–C) groups is 1. The molecule has 2 N–H and O–H groups in total. The first kappa shape index (κ1) is 22.2. The third kappa shape index (κ3) is 5.15. The van der Waals surface area contributed by atoms with Gasteiger partial charge in [0.2, 0.25) is 5.91 Å². The second kappa shape index (κ2) is 9.09. The summed E-state index contributed by atoms with van der Waals surface area (Å²) in [5.41, 5.74) is 1.46. The Morgan fingerprint density at radius 3 is 2.35 bits per heavy atom.